The molecule has 3 saturated heterocycles. The molecule has 0 radical (unpaired) electrons. The summed E-state index contributed by atoms with van der Waals surface area (Å²) in [6, 6.07) is 55.7. The monoisotopic (exact) mass is 1600 g/mol. The molecule has 3 fully saturated rings. The lowest BCUT2D eigenvalue weighted by Gasteiger charge is -2.19. The number of amides is 1. The molecule has 111 heavy (non-hydrogen) atoms. The first-order valence-electron chi connectivity index (χ1n) is 37.7. The lowest BCUT2D eigenvalue weighted by molar-refractivity contribution is -0.141. The number of hydrogen-bond acceptors (Lipinski definition) is 19. The number of aldehydes is 2. The quantitative estimate of drug-likeness (QED) is 0.0100. The Labute approximate surface area is 667 Å². The number of carbonyl (C=O) groups excluding carboxylic acids is 4. The number of carboxylic acid groups (broad SMARTS) is 1. The number of hydroxylamine groups is 1. The Morgan fingerprint density at radius 2 is 0.712 bits per heavy atom. The van der Waals surface area contributed by atoms with Crippen LogP contribution in [-0.4, -0.2) is 152 Å². The van der Waals surface area contributed by atoms with E-state index in [9.17, 15) is 29.1 Å². The van der Waals surface area contributed by atoms with Crippen LogP contribution in [0.25, 0.3) is 0 Å². The van der Waals surface area contributed by atoms with Crippen molar-refractivity contribution in [2.45, 2.75) is 187 Å². The van der Waals surface area contributed by atoms with Crippen LogP contribution in [0.2, 0.25) is 0 Å². The molecule has 7 aromatic carbocycles. The van der Waals surface area contributed by atoms with E-state index >= 15 is 0 Å². The molecule has 0 bridgehead atoms. The van der Waals surface area contributed by atoms with E-state index < -0.39 is 18.0 Å². The van der Waals surface area contributed by atoms with Gasteiger partial charge in [-0.15, -0.1) is 0 Å². The number of methoxy groups -OCH3 is 6. The first kappa shape index (κ1) is 97.4. The topological polar surface area (TPSA) is 269 Å². The standard InChI is InChI=1S/C14H20O3.2C13H18O3.C12H17NO3.C12H16O3.C12H16O2.C8H8O.C5H9BrO2/c1-11-5-3-4-6-12(11)13(15-2)7-8-14-16-9-10-17-14;1-10-4-2-3-5-11(10)12(14)6-7-13-15-8-9-16-13;1-10-6-4-5-7-11(10)12(15-2)8-9-13(14)16-3;1-9-5-3-4-6-10(9)11(16-2)7-8-12(14)13-15;1-9-5-3-4-6-10(9)11(15-2)7-8-12(13)14;1-10-6-3-4-7-11(10)12(14-2)8-5-9-13;1-7-4-2-3-5-8(7)6-9;6-2-1-5-7-3-4-8-5/h3-6,13-14H,7-10H2,1-2H3;2-5,12-14H,6-9H2,1H3;4-7,12H,8-9H2,1-3H3;3-6,11,15H,7-8H2,1-2H3,(H,13,14);3-6,11H,7-8H2,1-2H3,(H,13,14);3-4,6-7,9,12H,5,8H2,1-2H3;2-6H,1H3;5H,1-4H2. The summed E-state index contributed by atoms with van der Waals surface area (Å²) in [4.78, 5) is 53.0. The maximum atomic E-state index is 11.1. The van der Waals surface area contributed by atoms with Gasteiger partial charge in [-0.05, 0) is 159 Å². The highest BCUT2D eigenvalue weighted by Crippen LogP contribution is 2.31. The molecule has 22 heteroatoms. The van der Waals surface area contributed by atoms with Gasteiger partial charge in [-0.1, -0.05) is 186 Å². The van der Waals surface area contributed by atoms with Crippen molar-refractivity contribution in [1.29, 1.82) is 0 Å². The third kappa shape index (κ3) is 39.0. The van der Waals surface area contributed by atoms with Crippen molar-refractivity contribution in [3.05, 3.63) is 248 Å². The van der Waals surface area contributed by atoms with Gasteiger partial charge in [0.2, 0.25) is 5.91 Å². The zero-order valence-electron chi connectivity index (χ0n) is 67.3. The molecule has 6 atom stereocenters. The molecule has 3 aliphatic rings. The number of esters is 1. The average molecular weight is 1610 g/mol. The molecule has 0 aliphatic carbocycles. The Hall–Kier alpha value is -7.75. The number of aliphatic hydroxyl groups excluding tert-OH is 1. The van der Waals surface area contributed by atoms with Crippen molar-refractivity contribution in [3.8, 4) is 0 Å². The van der Waals surface area contributed by atoms with Crippen molar-refractivity contribution in [1.82, 2.24) is 5.48 Å². The predicted octanol–water partition coefficient (Wildman–Crippen LogP) is 17.8. The molecule has 10 rings (SSSR count). The number of carboxylic acids is 1. The first-order chi connectivity index (χ1) is 53.7. The van der Waals surface area contributed by atoms with E-state index in [1.54, 1.807) is 41.0 Å². The van der Waals surface area contributed by atoms with E-state index in [-0.39, 0.29) is 68.2 Å². The van der Waals surface area contributed by atoms with Gasteiger partial charge >= 0.3 is 11.9 Å². The lowest BCUT2D eigenvalue weighted by atomic mass is 10.00. The van der Waals surface area contributed by atoms with Crippen LogP contribution in [0.3, 0.4) is 0 Å². The number of halogens is 1. The van der Waals surface area contributed by atoms with E-state index in [1.807, 2.05) is 174 Å². The van der Waals surface area contributed by atoms with Crippen LogP contribution < -0.4 is 5.48 Å². The molecule has 3 heterocycles. The number of carbonyl (C=O) groups is 5. The Bertz CT molecular complexity index is 3600. The second-order valence-electron chi connectivity index (χ2n) is 26.3. The van der Waals surface area contributed by atoms with Gasteiger partial charge in [-0.3, -0.25) is 24.4 Å². The number of alkyl halides is 1. The second-order valence-corrected chi connectivity index (χ2v) is 27.1. The molecule has 21 nitrogen and oxygen atoms in total. The molecule has 0 aromatic heterocycles. The molecule has 0 saturated carbocycles. The summed E-state index contributed by atoms with van der Waals surface area (Å²) in [6.45, 7) is 18.5. The molecule has 0 spiro atoms. The zero-order valence-corrected chi connectivity index (χ0v) is 68.9. The third-order valence-corrected chi connectivity index (χ3v) is 18.9. The highest BCUT2D eigenvalue weighted by molar-refractivity contribution is 9.09. The van der Waals surface area contributed by atoms with Gasteiger partial charge < -0.3 is 71.8 Å². The zero-order chi connectivity index (χ0) is 81.6. The predicted molar refractivity (Wildman–Crippen MR) is 434 cm³/mol. The Kier molecular flexibility index (Phi) is 51.8. The number of nitrogens with one attached hydrogen (secondary N) is 1. The molecule has 3 aliphatic heterocycles. The van der Waals surface area contributed by atoms with Crippen LogP contribution in [0.15, 0.2) is 170 Å². The molecule has 1 amide bonds. The number of aryl methyl sites for hydroxylation is 7. The molecule has 610 valence electrons. The van der Waals surface area contributed by atoms with E-state index in [4.69, 9.17) is 62.4 Å². The Balaban J connectivity index is 0.000000332. The summed E-state index contributed by atoms with van der Waals surface area (Å²) in [7, 11) is 9.73. The fourth-order valence-corrected chi connectivity index (χ4v) is 12.5. The summed E-state index contributed by atoms with van der Waals surface area (Å²) >= 11 is 3.30. The summed E-state index contributed by atoms with van der Waals surface area (Å²) in [5.41, 5.74) is 17.2. The SMILES string of the molecule is BrCCC1OCCO1.COC(=O)CCC(OC)c1ccccc1C.COC(CCC(=O)NO)c1ccccc1C.COC(CCC(=O)O)c1ccccc1C.COC(CCC1OCCO1)c1ccccc1C.COC(CCC=O)c1ccccc1C.Cc1ccccc1C(O)CCC1OCCO1.Cc1ccccc1C=O. The second kappa shape index (κ2) is 59.0. The van der Waals surface area contributed by atoms with Crippen molar-refractivity contribution < 1.29 is 96.2 Å². The van der Waals surface area contributed by atoms with Crippen molar-refractivity contribution >= 4 is 46.3 Å². The van der Waals surface area contributed by atoms with E-state index in [2.05, 4.69) is 64.8 Å². The largest absolute Gasteiger partial charge is 0.481 e. The highest BCUT2D eigenvalue weighted by atomic mass is 79.9. The van der Waals surface area contributed by atoms with E-state index in [1.165, 1.54) is 34.9 Å². The van der Waals surface area contributed by atoms with Gasteiger partial charge in [0.15, 0.2) is 18.9 Å². The highest BCUT2D eigenvalue weighted by Gasteiger charge is 2.23. The fourth-order valence-electron chi connectivity index (χ4n) is 12.1. The molecule has 6 unspecified atom stereocenters. The minimum atomic E-state index is -0.786. The minimum Gasteiger partial charge on any atom is -0.481 e. The van der Waals surface area contributed by atoms with Crippen LogP contribution in [-0.2, 0) is 76.0 Å². The minimum absolute atomic E-state index is 0.0414. The summed E-state index contributed by atoms with van der Waals surface area (Å²) in [5, 5.41) is 28.0. The average Bonchev–Trinajstić information content (AvgIpc) is 1.66. The van der Waals surface area contributed by atoms with Crippen LogP contribution in [0, 0.1) is 48.5 Å². The number of rotatable bonds is 32. The summed E-state index contributed by atoms with van der Waals surface area (Å²) < 4.78 is 63.4. The maximum Gasteiger partial charge on any atom is 0.305 e. The maximum absolute atomic E-state index is 11.1. The smallest absolute Gasteiger partial charge is 0.305 e. The lowest BCUT2D eigenvalue weighted by Crippen LogP contribution is -2.19. The third-order valence-electron chi connectivity index (χ3n) is 18.5. The van der Waals surface area contributed by atoms with Crippen molar-refractivity contribution in [3.63, 3.8) is 0 Å². The van der Waals surface area contributed by atoms with Crippen molar-refractivity contribution in [2.75, 3.05) is 87.6 Å². The van der Waals surface area contributed by atoms with Gasteiger partial charge in [0.05, 0.1) is 83.4 Å². The fraction of sp³-hybridized carbons (Fsp3) is 0.472. The van der Waals surface area contributed by atoms with Gasteiger partial charge in [-0.2, -0.15) is 0 Å². The number of hydrogen-bond donors (Lipinski definition) is 4. The molecular weight excluding hydrogens is 1480 g/mol. The normalized spacial score (nSPS) is 14.6. The Morgan fingerprint density at radius 1 is 0.414 bits per heavy atom. The molecular formula is C89H122BrNO20. The van der Waals surface area contributed by atoms with Crippen LogP contribution >= 0.6 is 15.9 Å². The number of aliphatic carboxylic acids is 1. The number of benzene rings is 7. The van der Waals surface area contributed by atoms with Gasteiger partial charge in [0, 0.05) is 91.4 Å². The van der Waals surface area contributed by atoms with Gasteiger partial charge in [0.25, 0.3) is 0 Å². The summed E-state index contributed by atoms with van der Waals surface area (Å²) in [5.74, 6) is -1.38. The van der Waals surface area contributed by atoms with Gasteiger partial charge in [-0.25, -0.2) is 5.48 Å². The van der Waals surface area contributed by atoms with Crippen LogP contribution in [0.4, 0.5) is 0 Å². The van der Waals surface area contributed by atoms with Gasteiger partial charge in [0.1, 0.15) is 12.6 Å². The first-order valence-corrected chi connectivity index (χ1v) is 38.9. The van der Waals surface area contributed by atoms with E-state index in [0.29, 0.717) is 65.0 Å². The van der Waals surface area contributed by atoms with Crippen LogP contribution in [0.1, 0.15) is 203 Å². The molecule has 7 aromatic rings. The Morgan fingerprint density at radius 3 is 1.01 bits per heavy atom. The number of ether oxygens (including phenoxy) is 12. The van der Waals surface area contributed by atoms with Crippen molar-refractivity contribution in [2.24, 2.45) is 0 Å². The molecule has 4 N–H and O–H groups in total. The number of aliphatic hydroxyl groups is 1. The van der Waals surface area contributed by atoms with Crippen LogP contribution in [0.5, 0.6) is 0 Å². The van der Waals surface area contributed by atoms with E-state index in [0.717, 1.165) is 113 Å². The summed E-state index contributed by atoms with van der Waals surface area (Å²) in [6.07, 6.45) is 9.12.